The number of amides is 1. The Labute approximate surface area is 177 Å². The molecule has 0 aliphatic carbocycles. The van der Waals surface area contributed by atoms with Crippen LogP contribution in [0.5, 0.6) is 0 Å². The zero-order valence-corrected chi connectivity index (χ0v) is 18.3. The molecule has 2 aromatic rings. The monoisotopic (exact) mass is 407 g/mol. The van der Waals surface area contributed by atoms with Gasteiger partial charge in [-0.15, -0.1) is 0 Å². The average molecular weight is 408 g/mol. The number of halogens is 1. The van der Waals surface area contributed by atoms with Gasteiger partial charge in [0.25, 0.3) is 5.91 Å². The van der Waals surface area contributed by atoms with E-state index in [1.54, 1.807) is 12.1 Å². The van der Waals surface area contributed by atoms with E-state index in [2.05, 4.69) is 38.0 Å². The lowest BCUT2D eigenvalue weighted by Crippen LogP contribution is -2.45. The van der Waals surface area contributed by atoms with Crippen molar-refractivity contribution in [2.24, 2.45) is 0 Å². The van der Waals surface area contributed by atoms with E-state index in [9.17, 15) is 10.1 Å². The summed E-state index contributed by atoms with van der Waals surface area (Å²) >= 11 is 6.54. The van der Waals surface area contributed by atoms with Gasteiger partial charge in [0.15, 0.2) is 0 Å². The van der Waals surface area contributed by atoms with E-state index < -0.39 is 5.91 Å². The number of hydrogen-bond acceptors (Lipinski definition) is 3. The van der Waals surface area contributed by atoms with Gasteiger partial charge in [-0.25, -0.2) is 0 Å². The molecule has 0 fully saturated rings. The summed E-state index contributed by atoms with van der Waals surface area (Å²) < 4.78 is 0. The molecule has 0 saturated carbocycles. The normalized spacial score (nSPS) is 18.0. The predicted molar refractivity (Wildman–Crippen MR) is 120 cm³/mol. The molecule has 150 valence electrons. The molecule has 29 heavy (non-hydrogen) atoms. The first-order valence-corrected chi connectivity index (χ1v) is 10.1. The third kappa shape index (κ3) is 4.31. The SMILES string of the molecule is Cc1cccc(NC(=O)/C(C#N)=C\c2cc3c(cc2Cl)N(C)C(C)(C)CC3C)c1. The van der Waals surface area contributed by atoms with E-state index in [0.717, 1.165) is 17.7 Å². The second kappa shape index (κ2) is 7.93. The molecule has 0 radical (unpaired) electrons. The van der Waals surface area contributed by atoms with Crippen LogP contribution in [0.1, 0.15) is 49.8 Å². The first-order valence-electron chi connectivity index (χ1n) is 9.69. The first kappa shape index (κ1) is 21.0. The van der Waals surface area contributed by atoms with Gasteiger partial charge >= 0.3 is 0 Å². The molecule has 0 spiro atoms. The van der Waals surface area contributed by atoms with Gasteiger partial charge < -0.3 is 10.2 Å². The van der Waals surface area contributed by atoms with Crippen LogP contribution in [0.3, 0.4) is 0 Å². The number of aryl methyl sites for hydroxylation is 1. The van der Waals surface area contributed by atoms with Crippen LogP contribution in [0.25, 0.3) is 6.08 Å². The highest BCUT2D eigenvalue weighted by atomic mass is 35.5. The van der Waals surface area contributed by atoms with Crippen molar-refractivity contribution in [3.8, 4) is 6.07 Å². The third-order valence-electron chi connectivity index (χ3n) is 5.69. The first-order chi connectivity index (χ1) is 13.6. The lowest BCUT2D eigenvalue weighted by molar-refractivity contribution is -0.112. The van der Waals surface area contributed by atoms with Crippen molar-refractivity contribution in [1.29, 1.82) is 5.26 Å². The van der Waals surface area contributed by atoms with Crippen LogP contribution in [0, 0.1) is 18.3 Å². The van der Waals surface area contributed by atoms with E-state index >= 15 is 0 Å². The van der Waals surface area contributed by atoms with E-state index in [1.165, 1.54) is 5.56 Å². The van der Waals surface area contributed by atoms with E-state index in [1.807, 2.05) is 43.3 Å². The Morgan fingerprint density at radius 3 is 2.72 bits per heavy atom. The van der Waals surface area contributed by atoms with Crippen molar-refractivity contribution in [3.63, 3.8) is 0 Å². The van der Waals surface area contributed by atoms with Crippen LogP contribution in [0.2, 0.25) is 5.02 Å². The second-order valence-electron chi connectivity index (χ2n) is 8.40. The summed E-state index contributed by atoms with van der Waals surface area (Å²) in [6.45, 7) is 8.59. The highest BCUT2D eigenvalue weighted by Crippen LogP contribution is 2.44. The molecule has 1 amide bonds. The van der Waals surface area contributed by atoms with Gasteiger partial charge in [-0.05, 0) is 80.1 Å². The molecule has 1 heterocycles. The molecule has 1 unspecified atom stereocenters. The molecule has 1 atom stereocenters. The number of carbonyl (C=O) groups excluding carboxylic acids is 1. The van der Waals surface area contributed by atoms with Crippen LogP contribution >= 0.6 is 11.6 Å². The van der Waals surface area contributed by atoms with Gasteiger partial charge in [-0.2, -0.15) is 5.26 Å². The Hall–Kier alpha value is -2.77. The summed E-state index contributed by atoms with van der Waals surface area (Å²) in [6, 6.07) is 13.4. The highest BCUT2D eigenvalue weighted by Gasteiger charge is 2.34. The maximum Gasteiger partial charge on any atom is 0.266 e. The fourth-order valence-corrected chi connectivity index (χ4v) is 4.15. The summed E-state index contributed by atoms with van der Waals surface area (Å²) in [5, 5.41) is 12.9. The smallest absolute Gasteiger partial charge is 0.266 e. The van der Waals surface area contributed by atoms with Gasteiger partial charge in [0.1, 0.15) is 11.6 Å². The number of fused-ring (bicyclic) bond motifs is 1. The highest BCUT2D eigenvalue weighted by molar-refractivity contribution is 6.32. The largest absolute Gasteiger partial charge is 0.369 e. The molecular weight excluding hydrogens is 382 g/mol. The van der Waals surface area contributed by atoms with Crippen molar-refractivity contribution in [2.75, 3.05) is 17.3 Å². The molecule has 0 aromatic heterocycles. The number of benzene rings is 2. The van der Waals surface area contributed by atoms with Gasteiger partial charge in [0.05, 0.1) is 0 Å². The van der Waals surface area contributed by atoms with Gasteiger partial charge in [0.2, 0.25) is 0 Å². The molecule has 1 N–H and O–H groups in total. The molecule has 2 aromatic carbocycles. The number of anilines is 2. The molecule has 1 aliphatic rings. The van der Waals surface area contributed by atoms with Crippen LogP contribution < -0.4 is 10.2 Å². The minimum Gasteiger partial charge on any atom is -0.369 e. The zero-order valence-electron chi connectivity index (χ0n) is 17.5. The number of nitrogens with one attached hydrogen (secondary N) is 1. The van der Waals surface area contributed by atoms with Crippen LogP contribution in [0.4, 0.5) is 11.4 Å². The molecule has 0 saturated heterocycles. The third-order valence-corrected chi connectivity index (χ3v) is 6.02. The fourth-order valence-electron chi connectivity index (χ4n) is 3.94. The number of nitrogens with zero attached hydrogens (tertiary/aromatic N) is 2. The average Bonchev–Trinajstić information content (AvgIpc) is 2.64. The molecular formula is C24H26ClN3O. The molecule has 5 heteroatoms. The lowest BCUT2D eigenvalue weighted by Gasteiger charge is -2.45. The minimum absolute atomic E-state index is 0.0190. The molecule has 3 rings (SSSR count). The second-order valence-corrected chi connectivity index (χ2v) is 8.81. The van der Waals surface area contributed by atoms with Crippen molar-refractivity contribution in [1.82, 2.24) is 0 Å². The predicted octanol–water partition coefficient (Wildman–Crippen LogP) is 5.92. The van der Waals surface area contributed by atoms with Crippen molar-refractivity contribution >= 4 is 35.0 Å². The fraction of sp³-hybridized carbons (Fsp3) is 0.333. The standard InChI is InChI=1S/C24H26ClN3O/c1-15-7-6-8-19(9-15)27-23(29)18(14-26)10-17-11-20-16(2)13-24(3,4)28(5)22(20)12-21(17)25/h6-12,16H,13H2,1-5H3,(H,27,29)/b18-10-. The van der Waals surface area contributed by atoms with Gasteiger partial charge in [0, 0.05) is 29.0 Å². The summed E-state index contributed by atoms with van der Waals surface area (Å²) in [4.78, 5) is 14.9. The summed E-state index contributed by atoms with van der Waals surface area (Å²) in [5.41, 5.74) is 4.71. The summed E-state index contributed by atoms with van der Waals surface area (Å²) in [6.07, 6.45) is 2.58. The Balaban J connectivity index is 1.95. The Morgan fingerprint density at radius 1 is 1.34 bits per heavy atom. The topological polar surface area (TPSA) is 56.1 Å². The number of carbonyl (C=O) groups is 1. The van der Waals surface area contributed by atoms with E-state index in [4.69, 9.17) is 11.6 Å². The van der Waals surface area contributed by atoms with Crippen molar-refractivity contribution in [3.05, 3.63) is 63.7 Å². The van der Waals surface area contributed by atoms with E-state index in [-0.39, 0.29) is 11.1 Å². The zero-order chi connectivity index (χ0) is 21.3. The van der Waals surface area contributed by atoms with Crippen LogP contribution in [0.15, 0.2) is 42.0 Å². The maximum absolute atomic E-state index is 12.6. The van der Waals surface area contributed by atoms with Crippen molar-refractivity contribution < 1.29 is 4.79 Å². The molecule has 0 bridgehead atoms. The van der Waals surface area contributed by atoms with Gasteiger partial charge in [-0.1, -0.05) is 30.7 Å². The van der Waals surface area contributed by atoms with Crippen LogP contribution in [-0.4, -0.2) is 18.5 Å². The Bertz CT molecular complexity index is 1030. The molecule has 1 aliphatic heterocycles. The summed E-state index contributed by atoms with van der Waals surface area (Å²) in [7, 11) is 2.08. The maximum atomic E-state index is 12.6. The lowest BCUT2D eigenvalue weighted by atomic mass is 9.80. The Kier molecular flexibility index (Phi) is 5.73. The number of hydrogen-bond donors (Lipinski definition) is 1. The van der Waals surface area contributed by atoms with Gasteiger partial charge in [-0.3, -0.25) is 4.79 Å². The number of nitriles is 1. The minimum atomic E-state index is -0.446. The van der Waals surface area contributed by atoms with Crippen LogP contribution in [-0.2, 0) is 4.79 Å². The van der Waals surface area contributed by atoms with Crippen molar-refractivity contribution in [2.45, 2.75) is 45.6 Å². The Morgan fingerprint density at radius 2 is 2.07 bits per heavy atom. The quantitative estimate of drug-likeness (QED) is 0.507. The molecule has 4 nitrogen and oxygen atoms in total. The summed E-state index contributed by atoms with van der Waals surface area (Å²) in [5.74, 6) is -0.0922. The number of rotatable bonds is 3. The van der Waals surface area contributed by atoms with E-state index in [0.29, 0.717) is 22.2 Å².